The van der Waals surface area contributed by atoms with Crippen molar-refractivity contribution in [2.75, 3.05) is 12.4 Å². The highest BCUT2D eigenvalue weighted by Gasteiger charge is 2.17. The summed E-state index contributed by atoms with van der Waals surface area (Å²) in [7, 11) is 1.63. The Morgan fingerprint density at radius 3 is 2.89 bits per heavy atom. The number of fused-ring (bicyclic) bond motifs is 2. The van der Waals surface area contributed by atoms with Crippen molar-refractivity contribution in [1.82, 2.24) is 19.7 Å². The van der Waals surface area contributed by atoms with Gasteiger partial charge in [0.15, 0.2) is 11.5 Å². The van der Waals surface area contributed by atoms with Crippen molar-refractivity contribution < 1.29 is 9.53 Å². The zero-order valence-electron chi connectivity index (χ0n) is 15.3. The number of carbonyl (C=O) groups excluding carboxylic acids is 1. The summed E-state index contributed by atoms with van der Waals surface area (Å²) in [6.45, 7) is 4.95. The number of anilines is 1. The molecule has 0 aliphatic heterocycles. The quantitative estimate of drug-likeness (QED) is 0.566. The molecule has 1 amide bonds. The number of aromatic nitrogens is 4. The SMILES string of the molecule is COc1ccc2nc3c(cc2c1)c(NC(=O)c1cncs1)nn3CC(C)C. The fourth-order valence-corrected chi connectivity index (χ4v) is 3.44. The van der Waals surface area contributed by atoms with E-state index in [-0.39, 0.29) is 5.91 Å². The number of nitrogens with one attached hydrogen (secondary N) is 1. The third-order valence-electron chi connectivity index (χ3n) is 4.15. The average Bonchev–Trinajstić information content (AvgIpc) is 3.29. The van der Waals surface area contributed by atoms with Gasteiger partial charge in [0.1, 0.15) is 10.6 Å². The molecule has 7 nitrogen and oxygen atoms in total. The molecular formula is C19H19N5O2S. The second-order valence-corrected chi connectivity index (χ2v) is 7.55. The van der Waals surface area contributed by atoms with Gasteiger partial charge in [0, 0.05) is 11.9 Å². The lowest BCUT2D eigenvalue weighted by atomic mass is 10.1. The molecule has 8 heteroatoms. The van der Waals surface area contributed by atoms with Crippen LogP contribution in [-0.4, -0.2) is 32.8 Å². The number of methoxy groups -OCH3 is 1. The number of nitrogens with zero attached hydrogens (tertiary/aromatic N) is 4. The van der Waals surface area contributed by atoms with Crippen molar-refractivity contribution in [1.29, 1.82) is 0 Å². The highest BCUT2D eigenvalue weighted by molar-refractivity contribution is 7.11. The third kappa shape index (κ3) is 3.35. The van der Waals surface area contributed by atoms with Gasteiger partial charge in [0.2, 0.25) is 0 Å². The van der Waals surface area contributed by atoms with Gasteiger partial charge in [0.25, 0.3) is 5.91 Å². The molecular weight excluding hydrogens is 362 g/mol. The summed E-state index contributed by atoms with van der Waals surface area (Å²) >= 11 is 1.29. The van der Waals surface area contributed by atoms with E-state index in [2.05, 4.69) is 29.2 Å². The summed E-state index contributed by atoms with van der Waals surface area (Å²) < 4.78 is 7.17. The molecule has 0 spiro atoms. The first-order chi connectivity index (χ1) is 13.0. The number of thiazole rings is 1. The van der Waals surface area contributed by atoms with Crippen LogP contribution in [0.5, 0.6) is 5.75 Å². The van der Waals surface area contributed by atoms with Crippen molar-refractivity contribution in [2.45, 2.75) is 20.4 Å². The van der Waals surface area contributed by atoms with E-state index in [9.17, 15) is 4.79 Å². The molecule has 0 unspecified atom stereocenters. The Balaban J connectivity index is 1.85. The summed E-state index contributed by atoms with van der Waals surface area (Å²) in [5, 5.41) is 9.25. The van der Waals surface area contributed by atoms with Crippen LogP contribution >= 0.6 is 11.3 Å². The first-order valence-corrected chi connectivity index (χ1v) is 9.48. The summed E-state index contributed by atoms with van der Waals surface area (Å²) in [4.78, 5) is 21.8. The van der Waals surface area contributed by atoms with Crippen LogP contribution in [0.4, 0.5) is 5.82 Å². The van der Waals surface area contributed by atoms with E-state index in [1.54, 1.807) is 18.8 Å². The van der Waals surface area contributed by atoms with Crippen LogP contribution in [0.25, 0.3) is 21.9 Å². The van der Waals surface area contributed by atoms with E-state index in [4.69, 9.17) is 9.72 Å². The molecule has 0 saturated heterocycles. The standard InChI is InChI=1S/C19H19N5O2S/c1-11(2)9-24-18-14(7-12-6-13(26-3)4-5-15(12)21-18)17(23-24)22-19(25)16-8-20-10-27-16/h4-8,10-11H,9H2,1-3H3,(H,22,23,25). The third-order valence-corrected chi connectivity index (χ3v) is 4.92. The molecule has 138 valence electrons. The highest BCUT2D eigenvalue weighted by Crippen LogP contribution is 2.29. The molecule has 3 aromatic heterocycles. The summed E-state index contributed by atoms with van der Waals surface area (Å²) in [6.07, 6.45) is 1.55. The zero-order valence-corrected chi connectivity index (χ0v) is 16.1. The second-order valence-electron chi connectivity index (χ2n) is 6.66. The van der Waals surface area contributed by atoms with E-state index >= 15 is 0 Å². The Morgan fingerprint density at radius 2 is 2.19 bits per heavy atom. The van der Waals surface area contributed by atoms with E-state index in [1.807, 2.05) is 28.9 Å². The van der Waals surface area contributed by atoms with Crippen LogP contribution < -0.4 is 10.1 Å². The molecule has 0 bridgehead atoms. The minimum Gasteiger partial charge on any atom is -0.497 e. The van der Waals surface area contributed by atoms with Gasteiger partial charge in [-0.05, 0) is 30.2 Å². The maximum Gasteiger partial charge on any atom is 0.268 e. The number of ether oxygens (including phenoxy) is 1. The van der Waals surface area contributed by atoms with Crippen LogP contribution in [0.2, 0.25) is 0 Å². The van der Waals surface area contributed by atoms with Crippen LogP contribution in [-0.2, 0) is 6.54 Å². The molecule has 0 radical (unpaired) electrons. The fourth-order valence-electron chi connectivity index (χ4n) is 2.93. The molecule has 1 aromatic carbocycles. The second kappa shape index (κ2) is 6.96. The van der Waals surface area contributed by atoms with Crippen LogP contribution in [0.3, 0.4) is 0 Å². The fraction of sp³-hybridized carbons (Fsp3) is 0.263. The molecule has 0 aliphatic carbocycles. The maximum atomic E-state index is 12.5. The van der Waals surface area contributed by atoms with Gasteiger partial charge < -0.3 is 10.1 Å². The van der Waals surface area contributed by atoms with Crippen LogP contribution in [0.1, 0.15) is 23.5 Å². The molecule has 1 N–H and O–H groups in total. The van der Waals surface area contributed by atoms with Gasteiger partial charge >= 0.3 is 0 Å². The molecule has 0 fully saturated rings. The minimum absolute atomic E-state index is 0.223. The number of rotatable bonds is 5. The normalized spacial score (nSPS) is 11.4. The predicted octanol–water partition coefficient (Wildman–Crippen LogP) is 3.96. The molecule has 4 aromatic rings. The summed E-state index contributed by atoms with van der Waals surface area (Å²) in [5.41, 5.74) is 3.24. The number of pyridine rings is 1. The Hall–Kier alpha value is -3.00. The first-order valence-electron chi connectivity index (χ1n) is 8.60. The van der Waals surface area contributed by atoms with Crippen molar-refractivity contribution in [3.05, 3.63) is 40.8 Å². The van der Waals surface area contributed by atoms with Crippen LogP contribution in [0.15, 0.2) is 36.0 Å². The predicted molar refractivity (Wildman–Crippen MR) is 106 cm³/mol. The average molecular weight is 381 g/mol. The van der Waals surface area contributed by atoms with Crippen molar-refractivity contribution in [3.63, 3.8) is 0 Å². The van der Waals surface area contributed by atoms with Crippen molar-refractivity contribution in [3.8, 4) is 5.75 Å². The van der Waals surface area contributed by atoms with Crippen LogP contribution in [0, 0.1) is 5.92 Å². The molecule has 0 aliphatic rings. The zero-order chi connectivity index (χ0) is 19.0. The molecule has 0 atom stereocenters. The maximum absolute atomic E-state index is 12.5. The smallest absolute Gasteiger partial charge is 0.268 e. The van der Waals surface area contributed by atoms with E-state index in [0.717, 1.165) is 27.7 Å². The summed E-state index contributed by atoms with van der Waals surface area (Å²) in [5.74, 6) is 1.43. The van der Waals surface area contributed by atoms with Crippen molar-refractivity contribution >= 4 is 45.0 Å². The van der Waals surface area contributed by atoms with Gasteiger partial charge in [-0.2, -0.15) is 5.10 Å². The lowest BCUT2D eigenvalue weighted by molar-refractivity contribution is 0.103. The van der Waals surface area contributed by atoms with E-state index < -0.39 is 0 Å². The minimum atomic E-state index is -0.223. The number of hydrogen-bond donors (Lipinski definition) is 1. The van der Waals surface area contributed by atoms with E-state index in [0.29, 0.717) is 23.2 Å². The van der Waals surface area contributed by atoms with Gasteiger partial charge in [0.05, 0.1) is 29.7 Å². The molecule has 27 heavy (non-hydrogen) atoms. The van der Waals surface area contributed by atoms with Gasteiger partial charge in [-0.25, -0.2) is 9.67 Å². The number of amides is 1. The Labute approximate surface area is 160 Å². The summed E-state index contributed by atoms with van der Waals surface area (Å²) in [6, 6.07) is 7.73. The van der Waals surface area contributed by atoms with Gasteiger partial charge in [-0.15, -0.1) is 11.3 Å². The van der Waals surface area contributed by atoms with Gasteiger partial charge in [-0.1, -0.05) is 13.8 Å². The monoisotopic (exact) mass is 381 g/mol. The lowest BCUT2D eigenvalue weighted by Gasteiger charge is -2.06. The Morgan fingerprint density at radius 1 is 1.33 bits per heavy atom. The van der Waals surface area contributed by atoms with Gasteiger partial charge in [-0.3, -0.25) is 9.78 Å². The van der Waals surface area contributed by atoms with E-state index in [1.165, 1.54) is 11.3 Å². The first kappa shape index (κ1) is 17.4. The van der Waals surface area contributed by atoms with Crippen molar-refractivity contribution in [2.24, 2.45) is 5.92 Å². The molecule has 4 rings (SSSR count). The largest absolute Gasteiger partial charge is 0.497 e. The highest BCUT2D eigenvalue weighted by atomic mass is 32.1. The number of hydrogen-bond acceptors (Lipinski definition) is 6. The number of carbonyl (C=O) groups is 1. The Bertz CT molecular complexity index is 1120. The topological polar surface area (TPSA) is 81.9 Å². The molecule has 3 heterocycles. The molecule has 0 saturated carbocycles. The Kier molecular flexibility index (Phi) is 4.49. The lowest BCUT2D eigenvalue weighted by Crippen LogP contribution is -2.12. The number of benzene rings is 1.